The normalized spacial score (nSPS) is 9.33. The molecule has 1 rings (SSSR count). The lowest BCUT2D eigenvalue weighted by atomic mass is 10.3. The molecule has 62 valence electrons. The van der Waals surface area contributed by atoms with Gasteiger partial charge in [0.15, 0.2) is 11.4 Å². The number of carbonyl (C=O) groups is 2. The van der Waals surface area contributed by atoms with Gasteiger partial charge in [-0.05, 0) is 0 Å². The Morgan fingerprint density at radius 1 is 1.00 bits per heavy atom. The minimum absolute atomic E-state index is 0.551. The highest BCUT2D eigenvalue weighted by atomic mass is 16.4. The summed E-state index contributed by atoms with van der Waals surface area (Å²) in [5, 5.41) is 16.9. The summed E-state index contributed by atoms with van der Waals surface area (Å²) in [4.78, 5) is 27.4. The van der Waals surface area contributed by atoms with Crippen LogP contribution in [-0.4, -0.2) is 32.1 Å². The van der Waals surface area contributed by atoms with Gasteiger partial charge in [-0.1, -0.05) is 0 Å². The molecule has 1 aromatic heterocycles. The molecule has 0 saturated carbocycles. The molecule has 0 spiro atoms. The van der Waals surface area contributed by atoms with Gasteiger partial charge in [-0.2, -0.15) is 0 Å². The average molecular weight is 168 g/mol. The minimum Gasteiger partial charge on any atom is -0.476 e. The number of hydrogen-bond donors (Lipinski definition) is 2. The molecule has 1 heterocycles. The van der Waals surface area contributed by atoms with E-state index in [9.17, 15) is 9.59 Å². The van der Waals surface area contributed by atoms with Gasteiger partial charge in [-0.3, -0.25) is 0 Å². The second-order valence-electron chi connectivity index (χ2n) is 1.86. The molecule has 2 N–H and O–H groups in total. The second-order valence-corrected chi connectivity index (χ2v) is 1.86. The Kier molecular flexibility index (Phi) is 2.00. The van der Waals surface area contributed by atoms with Crippen LogP contribution in [0.25, 0.3) is 0 Å². The SMILES string of the molecule is O=C(O)c1nccnc1C(=O)O. The smallest absolute Gasteiger partial charge is 0.357 e. The molecule has 12 heavy (non-hydrogen) atoms. The van der Waals surface area contributed by atoms with Crippen LogP contribution in [0.5, 0.6) is 0 Å². The summed E-state index contributed by atoms with van der Waals surface area (Å²) in [5.74, 6) is -2.80. The molecule has 0 aliphatic rings. The quantitative estimate of drug-likeness (QED) is 0.638. The van der Waals surface area contributed by atoms with Crippen molar-refractivity contribution >= 4 is 11.9 Å². The van der Waals surface area contributed by atoms with Crippen molar-refractivity contribution < 1.29 is 19.8 Å². The van der Waals surface area contributed by atoms with Crippen LogP contribution >= 0.6 is 0 Å². The van der Waals surface area contributed by atoms with Crippen molar-refractivity contribution in [3.63, 3.8) is 0 Å². The Labute approximate surface area is 66.5 Å². The van der Waals surface area contributed by atoms with Crippen LogP contribution in [0, 0.1) is 0 Å². The summed E-state index contributed by atoms with van der Waals surface area (Å²) in [5.41, 5.74) is -1.10. The van der Waals surface area contributed by atoms with Crippen LogP contribution < -0.4 is 0 Å². The van der Waals surface area contributed by atoms with E-state index in [-0.39, 0.29) is 0 Å². The summed E-state index contributed by atoms with van der Waals surface area (Å²) in [6, 6.07) is 0. The standard InChI is InChI=1S/C6H4N2O4/c9-5(10)3-4(6(11)12)8-2-1-7-3/h1-2H,(H,9,10)(H,11,12). The number of hydrogen-bond acceptors (Lipinski definition) is 4. The van der Waals surface area contributed by atoms with E-state index in [4.69, 9.17) is 10.2 Å². The number of carboxylic acid groups (broad SMARTS) is 2. The fourth-order valence-electron chi connectivity index (χ4n) is 0.651. The molecular formula is C6H4N2O4. The predicted molar refractivity (Wildman–Crippen MR) is 36.0 cm³/mol. The van der Waals surface area contributed by atoms with Gasteiger partial charge in [-0.15, -0.1) is 0 Å². The molecular weight excluding hydrogens is 164 g/mol. The third-order valence-corrected chi connectivity index (χ3v) is 1.10. The summed E-state index contributed by atoms with van der Waals surface area (Å²) >= 11 is 0. The van der Waals surface area contributed by atoms with Crippen LogP contribution in [0.3, 0.4) is 0 Å². The van der Waals surface area contributed by atoms with Gasteiger partial charge < -0.3 is 10.2 Å². The molecule has 1 aromatic rings. The van der Waals surface area contributed by atoms with Crippen LogP contribution in [0.4, 0.5) is 0 Å². The maximum Gasteiger partial charge on any atom is 0.357 e. The van der Waals surface area contributed by atoms with Gasteiger partial charge in [0, 0.05) is 12.4 Å². The van der Waals surface area contributed by atoms with Crippen molar-refractivity contribution in [3.05, 3.63) is 23.8 Å². The highest BCUT2D eigenvalue weighted by molar-refractivity contribution is 5.98. The molecule has 0 atom stereocenters. The Bertz CT molecular complexity index is 303. The van der Waals surface area contributed by atoms with Crippen LogP contribution in [0.15, 0.2) is 12.4 Å². The second kappa shape index (κ2) is 2.95. The van der Waals surface area contributed by atoms with Crippen molar-refractivity contribution in [2.75, 3.05) is 0 Å². The van der Waals surface area contributed by atoms with Crippen molar-refractivity contribution in [1.82, 2.24) is 9.97 Å². The monoisotopic (exact) mass is 168 g/mol. The summed E-state index contributed by atoms with van der Waals surface area (Å²) in [6.45, 7) is 0. The number of aromatic carboxylic acids is 2. The zero-order valence-electron chi connectivity index (χ0n) is 5.76. The van der Waals surface area contributed by atoms with E-state index in [1.165, 1.54) is 0 Å². The lowest BCUT2D eigenvalue weighted by Crippen LogP contribution is -2.12. The maximum absolute atomic E-state index is 10.4. The Morgan fingerprint density at radius 3 is 1.58 bits per heavy atom. The third-order valence-electron chi connectivity index (χ3n) is 1.10. The fraction of sp³-hybridized carbons (Fsp3) is 0. The molecule has 0 saturated heterocycles. The first-order valence-corrected chi connectivity index (χ1v) is 2.90. The largest absolute Gasteiger partial charge is 0.476 e. The van der Waals surface area contributed by atoms with E-state index in [0.717, 1.165) is 12.4 Å². The van der Waals surface area contributed by atoms with Gasteiger partial charge in [0.25, 0.3) is 0 Å². The molecule has 0 fully saturated rings. The Morgan fingerprint density at radius 2 is 1.33 bits per heavy atom. The molecule has 0 unspecified atom stereocenters. The molecule has 6 nitrogen and oxygen atoms in total. The number of rotatable bonds is 2. The average Bonchev–Trinajstić information content (AvgIpc) is 2.04. The first-order valence-electron chi connectivity index (χ1n) is 2.90. The van der Waals surface area contributed by atoms with Crippen LogP contribution in [0.1, 0.15) is 21.0 Å². The highest BCUT2D eigenvalue weighted by Gasteiger charge is 2.17. The zero-order valence-corrected chi connectivity index (χ0v) is 5.76. The number of aromatic nitrogens is 2. The summed E-state index contributed by atoms with van der Waals surface area (Å²) < 4.78 is 0. The van der Waals surface area contributed by atoms with Crippen molar-refractivity contribution in [3.8, 4) is 0 Å². The molecule has 0 aliphatic carbocycles. The van der Waals surface area contributed by atoms with Crippen LogP contribution in [-0.2, 0) is 0 Å². The van der Waals surface area contributed by atoms with E-state index in [1.54, 1.807) is 0 Å². The molecule has 0 aliphatic heterocycles. The zero-order chi connectivity index (χ0) is 9.14. The molecule has 0 bridgehead atoms. The number of carboxylic acids is 2. The molecule has 6 heteroatoms. The maximum atomic E-state index is 10.4. The van der Waals surface area contributed by atoms with Crippen LogP contribution in [0.2, 0.25) is 0 Å². The van der Waals surface area contributed by atoms with E-state index < -0.39 is 23.3 Å². The minimum atomic E-state index is -1.40. The lowest BCUT2D eigenvalue weighted by Gasteiger charge is -1.96. The van der Waals surface area contributed by atoms with E-state index in [1.807, 2.05) is 0 Å². The predicted octanol–water partition coefficient (Wildman–Crippen LogP) is -0.127. The lowest BCUT2D eigenvalue weighted by molar-refractivity contribution is 0.0641. The first-order chi connectivity index (χ1) is 5.63. The van der Waals surface area contributed by atoms with Gasteiger partial charge in [0.2, 0.25) is 0 Å². The van der Waals surface area contributed by atoms with E-state index in [2.05, 4.69) is 9.97 Å². The summed E-state index contributed by atoms with van der Waals surface area (Å²) in [6.07, 6.45) is 2.24. The number of nitrogens with zero attached hydrogens (tertiary/aromatic N) is 2. The Hall–Kier alpha value is -1.98. The molecule has 0 amide bonds. The Balaban J connectivity index is 3.27. The molecule has 0 radical (unpaired) electrons. The van der Waals surface area contributed by atoms with Gasteiger partial charge in [0.1, 0.15) is 0 Å². The van der Waals surface area contributed by atoms with Crippen molar-refractivity contribution in [2.45, 2.75) is 0 Å². The van der Waals surface area contributed by atoms with E-state index in [0.29, 0.717) is 0 Å². The van der Waals surface area contributed by atoms with Gasteiger partial charge in [-0.25, -0.2) is 19.6 Å². The topological polar surface area (TPSA) is 100 Å². The molecule has 0 aromatic carbocycles. The van der Waals surface area contributed by atoms with Gasteiger partial charge >= 0.3 is 11.9 Å². The van der Waals surface area contributed by atoms with Gasteiger partial charge in [0.05, 0.1) is 0 Å². The highest BCUT2D eigenvalue weighted by Crippen LogP contribution is 2.00. The fourth-order valence-corrected chi connectivity index (χ4v) is 0.651. The summed E-state index contributed by atoms with van der Waals surface area (Å²) in [7, 11) is 0. The first kappa shape index (κ1) is 8.12. The van der Waals surface area contributed by atoms with Crippen molar-refractivity contribution in [2.24, 2.45) is 0 Å². The third kappa shape index (κ3) is 1.36. The van der Waals surface area contributed by atoms with Crippen molar-refractivity contribution in [1.29, 1.82) is 0 Å². The van der Waals surface area contributed by atoms with E-state index >= 15 is 0 Å².